The Balaban J connectivity index is 1.28. The number of esters is 1. The Kier molecular flexibility index (Phi) is 10.3. The fourth-order valence-electron chi connectivity index (χ4n) is 4.47. The number of carbonyl (C=O) groups excluding carboxylic acids is 2. The first-order chi connectivity index (χ1) is 21.2. The largest absolute Gasteiger partial charge is 0.478 e. The van der Waals surface area contributed by atoms with Gasteiger partial charge in [0.15, 0.2) is 11.6 Å². The number of carbonyl (C=O) groups is 3. The molecule has 5 rings (SSSR count). The van der Waals surface area contributed by atoms with Crippen molar-refractivity contribution in [3.05, 3.63) is 86.5 Å². The number of morpholine rings is 1. The van der Waals surface area contributed by atoms with Crippen LogP contribution in [0.2, 0.25) is 0 Å². The average molecular weight is 657 g/mol. The fraction of sp³-hybridized carbons (Fsp3) is 0.226. The van der Waals surface area contributed by atoms with Crippen LogP contribution in [-0.4, -0.2) is 76.5 Å². The molecule has 2 aliphatic rings. The van der Waals surface area contributed by atoms with Crippen molar-refractivity contribution < 1.29 is 37.7 Å². The van der Waals surface area contributed by atoms with Gasteiger partial charge in [-0.05, 0) is 60.2 Å². The zero-order valence-electron chi connectivity index (χ0n) is 23.2. The molecule has 0 aliphatic carbocycles. The number of thioether (sulfide) groups is 1. The molecule has 8 nitrogen and oxygen atoms in total. The number of thiophene rings is 1. The minimum absolute atomic E-state index is 0.00806. The highest BCUT2D eigenvalue weighted by Gasteiger charge is 2.32. The molecule has 0 bridgehead atoms. The van der Waals surface area contributed by atoms with Gasteiger partial charge in [-0.1, -0.05) is 36.1 Å². The van der Waals surface area contributed by atoms with Gasteiger partial charge in [0.05, 0.1) is 30.1 Å². The topological polar surface area (TPSA) is 96.4 Å². The second-order valence-electron chi connectivity index (χ2n) is 9.76. The van der Waals surface area contributed by atoms with Gasteiger partial charge < -0.3 is 14.6 Å². The number of thiocarbonyl (C=S) groups is 1. The number of amides is 1. The third kappa shape index (κ3) is 7.85. The van der Waals surface area contributed by atoms with Crippen molar-refractivity contribution in [2.75, 3.05) is 39.4 Å². The maximum Gasteiger partial charge on any atom is 0.335 e. The first-order valence-electron chi connectivity index (χ1n) is 13.5. The molecule has 1 N–H and O–H groups in total. The first-order valence-corrected chi connectivity index (χ1v) is 15.6. The molecule has 2 aliphatic heterocycles. The molecular weight excluding hydrogens is 631 g/mol. The van der Waals surface area contributed by atoms with Crippen LogP contribution in [0.5, 0.6) is 5.75 Å². The summed E-state index contributed by atoms with van der Waals surface area (Å²) in [5.74, 6) is -3.74. The lowest BCUT2D eigenvalue weighted by molar-refractivity contribution is -0.134. The Morgan fingerprint density at radius 1 is 1.07 bits per heavy atom. The van der Waals surface area contributed by atoms with E-state index in [1.165, 1.54) is 46.6 Å². The normalized spacial score (nSPS) is 16.8. The van der Waals surface area contributed by atoms with Crippen LogP contribution in [0.25, 0.3) is 23.3 Å². The molecule has 228 valence electrons. The van der Waals surface area contributed by atoms with Crippen LogP contribution in [0.4, 0.5) is 8.78 Å². The molecule has 13 heteroatoms. The summed E-state index contributed by atoms with van der Waals surface area (Å²) in [6.45, 7) is 3.74. The van der Waals surface area contributed by atoms with Crippen LogP contribution >= 0.6 is 35.3 Å². The van der Waals surface area contributed by atoms with Crippen LogP contribution in [0, 0.1) is 11.6 Å². The number of hydrogen-bond acceptors (Lipinski definition) is 9. The lowest BCUT2D eigenvalue weighted by atomic mass is 10.1. The standard InChI is InChI=1S/C31H26F2N2O6S3/c32-24-8-5-20(16-25(24)33)23-17-22(43-26(23)2-1-10-34-12-14-40-15-13-34)18-27-29(37)35(31(42)44-27)11-9-28(36)41-21-6-3-19(4-7-21)30(38)39/h1-8,16-18H,9-15H2,(H,38,39)/b2-1+,27-18-. The predicted octanol–water partition coefficient (Wildman–Crippen LogP) is 5.93. The van der Waals surface area contributed by atoms with Gasteiger partial charge in [-0.15, -0.1) is 11.3 Å². The second kappa shape index (κ2) is 14.4. The van der Waals surface area contributed by atoms with Crippen LogP contribution in [0.15, 0.2) is 59.5 Å². The molecule has 44 heavy (non-hydrogen) atoms. The van der Waals surface area contributed by atoms with Gasteiger partial charge in [0.2, 0.25) is 0 Å². The minimum atomic E-state index is -1.09. The van der Waals surface area contributed by atoms with Gasteiger partial charge in [-0.3, -0.25) is 19.4 Å². The van der Waals surface area contributed by atoms with E-state index < -0.39 is 23.6 Å². The zero-order valence-corrected chi connectivity index (χ0v) is 25.6. The molecule has 3 heterocycles. The highest BCUT2D eigenvalue weighted by Crippen LogP contribution is 2.38. The molecule has 1 amide bonds. The van der Waals surface area contributed by atoms with Gasteiger partial charge in [-0.25, -0.2) is 13.6 Å². The summed E-state index contributed by atoms with van der Waals surface area (Å²) in [6, 6.07) is 11.0. The molecular formula is C31H26F2N2O6S3. The molecule has 1 aromatic heterocycles. The molecule has 2 saturated heterocycles. The number of halogens is 2. The summed E-state index contributed by atoms with van der Waals surface area (Å²) in [6.07, 6.45) is 5.54. The SMILES string of the molecule is O=C(CCN1C(=O)/C(=C/c2cc(-c3ccc(F)c(F)c3)c(/C=C/CN3CCOCC3)s2)SC1=S)Oc1ccc(C(=O)O)cc1. The van der Waals surface area contributed by atoms with Gasteiger partial charge >= 0.3 is 11.9 Å². The van der Waals surface area contributed by atoms with Crippen molar-refractivity contribution in [1.82, 2.24) is 9.80 Å². The summed E-state index contributed by atoms with van der Waals surface area (Å²) >= 11 is 7.92. The number of hydrogen-bond donors (Lipinski definition) is 1. The lowest BCUT2D eigenvalue weighted by Crippen LogP contribution is -2.36. The van der Waals surface area contributed by atoms with E-state index in [-0.39, 0.29) is 30.2 Å². The molecule has 0 spiro atoms. The summed E-state index contributed by atoms with van der Waals surface area (Å²) < 4.78 is 38.7. The third-order valence-corrected chi connectivity index (χ3v) is 9.19. The molecule has 2 aromatic carbocycles. The Morgan fingerprint density at radius 2 is 1.82 bits per heavy atom. The zero-order chi connectivity index (χ0) is 31.2. The summed E-state index contributed by atoms with van der Waals surface area (Å²) in [5, 5.41) is 9.00. The van der Waals surface area contributed by atoms with E-state index in [0.29, 0.717) is 40.1 Å². The smallest absolute Gasteiger partial charge is 0.335 e. The minimum Gasteiger partial charge on any atom is -0.478 e. The molecule has 0 atom stereocenters. The monoisotopic (exact) mass is 656 g/mol. The van der Waals surface area contributed by atoms with E-state index >= 15 is 0 Å². The maximum absolute atomic E-state index is 14.1. The number of carboxylic acids is 1. The second-order valence-corrected chi connectivity index (χ2v) is 12.5. The van der Waals surface area contributed by atoms with Crippen LogP contribution in [0.1, 0.15) is 26.5 Å². The molecule has 0 unspecified atom stereocenters. The van der Waals surface area contributed by atoms with Crippen LogP contribution in [-0.2, 0) is 14.3 Å². The fourth-order valence-corrected chi connectivity index (χ4v) is 6.91. The van der Waals surface area contributed by atoms with Gasteiger partial charge in [0, 0.05) is 41.5 Å². The summed E-state index contributed by atoms with van der Waals surface area (Å²) in [5.41, 5.74) is 1.27. The lowest BCUT2D eigenvalue weighted by Gasteiger charge is -2.25. The van der Waals surface area contributed by atoms with Crippen molar-refractivity contribution >= 4 is 69.6 Å². The summed E-state index contributed by atoms with van der Waals surface area (Å²) in [7, 11) is 0. The number of aromatic carboxylic acids is 1. The van der Waals surface area contributed by atoms with Gasteiger partial charge in [0.25, 0.3) is 5.91 Å². The number of rotatable bonds is 10. The highest BCUT2D eigenvalue weighted by atomic mass is 32.2. The van der Waals surface area contributed by atoms with Crippen LogP contribution in [0.3, 0.4) is 0 Å². The Morgan fingerprint density at radius 3 is 2.52 bits per heavy atom. The van der Waals surface area contributed by atoms with E-state index in [1.54, 1.807) is 6.08 Å². The Labute approximate surface area is 265 Å². The quantitative estimate of drug-likeness (QED) is 0.123. The molecule has 3 aromatic rings. The van der Waals surface area contributed by atoms with Crippen LogP contribution < -0.4 is 4.74 Å². The van der Waals surface area contributed by atoms with E-state index in [2.05, 4.69) is 4.90 Å². The van der Waals surface area contributed by atoms with E-state index in [4.69, 9.17) is 26.8 Å². The van der Waals surface area contributed by atoms with Crippen molar-refractivity contribution in [2.24, 2.45) is 0 Å². The number of ether oxygens (including phenoxy) is 2. The van der Waals surface area contributed by atoms with E-state index in [9.17, 15) is 23.2 Å². The first kappa shape index (κ1) is 31.7. The van der Waals surface area contributed by atoms with Crippen molar-refractivity contribution in [3.63, 3.8) is 0 Å². The maximum atomic E-state index is 14.1. The molecule has 0 radical (unpaired) electrons. The average Bonchev–Trinajstić information content (AvgIpc) is 3.53. The van der Waals surface area contributed by atoms with Gasteiger partial charge in [-0.2, -0.15) is 0 Å². The van der Waals surface area contributed by atoms with Gasteiger partial charge in [0.1, 0.15) is 10.1 Å². The molecule has 0 saturated carbocycles. The number of benzene rings is 2. The third-order valence-electron chi connectivity index (χ3n) is 6.77. The van der Waals surface area contributed by atoms with E-state index in [1.807, 2.05) is 18.2 Å². The Bertz CT molecular complexity index is 1650. The van der Waals surface area contributed by atoms with Crippen molar-refractivity contribution in [3.8, 4) is 16.9 Å². The van der Waals surface area contributed by atoms with E-state index in [0.717, 1.165) is 46.7 Å². The predicted molar refractivity (Wildman–Crippen MR) is 169 cm³/mol. The Hall–Kier alpha value is -3.75. The summed E-state index contributed by atoms with van der Waals surface area (Å²) in [4.78, 5) is 42.1. The number of carboxylic acid groups (broad SMARTS) is 1. The highest BCUT2D eigenvalue weighted by molar-refractivity contribution is 8.26. The number of nitrogens with zero attached hydrogens (tertiary/aromatic N) is 2. The van der Waals surface area contributed by atoms with Crippen molar-refractivity contribution in [2.45, 2.75) is 6.42 Å². The molecule has 2 fully saturated rings. The van der Waals surface area contributed by atoms with Crippen molar-refractivity contribution in [1.29, 1.82) is 0 Å².